The van der Waals surface area contributed by atoms with Crippen molar-refractivity contribution in [2.75, 3.05) is 33.9 Å². The van der Waals surface area contributed by atoms with Gasteiger partial charge in [-0.1, -0.05) is 43.3 Å². The molecule has 0 radical (unpaired) electrons. The molecule has 202 valence electrons. The van der Waals surface area contributed by atoms with Gasteiger partial charge < -0.3 is 19.5 Å². The quantitative estimate of drug-likeness (QED) is 0.468. The van der Waals surface area contributed by atoms with Gasteiger partial charge >= 0.3 is 0 Å². The molecule has 3 aromatic rings. The van der Waals surface area contributed by atoms with Crippen LogP contribution in [0.1, 0.15) is 24.2 Å². The smallest absolute Gasteiger partial charge is 0.259 e. The van der Waals surface area contributed by atoms with E-state index in [0.717, 1.165) is 11.1 Å². The summed E-state index contributed by atoms with van der Waals surface area (Å²) >= 11 is 0. The second-order valence-corrected chi connectivity index (χ2v) is 11.6. The van der Waals surface area contributed by atoms with Crippen molar-refractivity contribution in [3.8, 4) is 22.8 Å². The standard InChI is InChI=1S/C28H33N3O6S/c1-19-16-31(20(2)18-32)28(33)25-13-22(21-9-6-5-7-10-21)15-29-27(25)37-26(19)17-30(3)38(34,35)24-12-8-11-23(14-24)36-4/h5-15,19-20,26,32H,16-18H2,1-4H3/t19-,20+,26-/m0/s1. The number of aliphatic hydroxyl groups excluding tert-OH is 1. The second-order valence-electron chi connectivity index (χ2n) is 9.53. The average Bonchev–Trinajstić information content (AvgIpc) is 2.94. The van der Waals surface area contributed by atoms with Crippen LogP contribution in [0.3, 0.4) is 0 Å². The summed E-state index contributed by atoms with van der Waals surface area (Å²) in [6, 6.07) is 17.1. The first-order valence-electron chi connectivity index (χ1n) is 12.4. The Bertz CT molecular complexity index is 1380. The molecule has 0 bridgehead atoms. The summed E-state index contributed by atoms with van der Waals surface area (Å²) in [5.74, 6) is 0.0113. The van der Waals surface area contributed by atoms with Crippen molar-refractivity contribution in [2.24, 2.45) is 5.92 Å². The highest BCUT2D eigenvalue weighted by atomic mass is 32.2. The Kier molecular flexibility index (Phi) is 8.35. The zero-order valence-electron chi connectivity index (χ0n) is 21.9. The van der Waals surface area contributed by atoms with E-state index in [1.807, 2.05) is 37.3 Å². The van der Waals surface area contributed by atoms with Crippen LogP contribution < -0.4 is 9.47 Å². The van der Waals surface area contributed by atoms with E-state index in [9.17, 15) is 18.3 Å². The van der Waals surface area contributed by atoms with Gasteiger partial charge in [0.1, 0.15) is 17.4 Å². The average molecular weight is 540 g/mol. The molecule has 1 N–H and O–H groups in total. The van der Waals surface area contributed by atoms with Crippen LogP contribution in [0, 0.1) is 5.92 Å². The number of hydrogen-bond donors (Lipinski definition) is 1. The summed E-state index contributed by atoms with van der Waals surface area (Å²) in [7, 11) is -0.873. The number of rotatable bonds is 8. The molecule has 2 aromatic carbocycles. The van der Waals surface area contributed by atoms with Crippen LogP contribution in [0.5, 0.6) is 11.6 Å². The van der Waals surface area contributed by atoms with E-state index >= 15 is 0 Å². The summed E-state index contributed by atoms with van der Waals surface area (Å²) in [5, 5.41) is 9.88. The fourth-order valence-electron chi connectivity index (χ4n) is 4.40. The zero-order chi connectivity index (χ0) is 27.4. The maximum absolute atomic E-state index is 13.6. The summed E-state index contributed by atoms with van der Waals surface area (Å²) in [6.07, 6.45) is 1.03. The van der Waals surface area contributed by atoms with Gasteiger partial charge in [0.15, 0.2) is 0 Å². The predicted octanol–water partition coefficient (Wildman–Crippen LogP) is 3.30. The van der Waals surface area contributed by atoms with Crippen molar-refractivity contribution < 1.29 is 27.8 Å². The van der Waals surface area contributed by atoms with Crippen molar-refractivity contribution in [3.05, 3.63) is 72.4 Å². The lowest BCUT2D eigenvalue weighted by molar-refractivity contribution is 0.0373. The number of amides is 1. The van der Waals surface area contributed by atoms with Crippen LogP contribution in [0.4, 0.5) is 0 Å². The van der Waals surface area contributed by atoms with Gasteiger partial charge in [-0.3, -0.25) is 4.79 Å². The van der Waals surface area contributed by atoms with Crippen molar-refractivity contribution >= 4 is 15.9 Å². The number of likely N-dealkylation sites (N-methyl/N-ethyl adjacent to an activating group) is 1. The fourth-order valence-corrected chi connectivity index (χ4v) is 5.62. The normalized spacial score (nSPS) is 18.8. The minimum Gasteiger partial charge on any atom is -0.497 e. The van der Waals surface area contributed by atoms with Crippen molar-refractivity contribution in [2.45, 2.75) is 30.9 Å². The van der Waals surface area contributed by atoms with E-state index in [1.165, 1.54) is 30.6 Å². The van der Waals surface area contributed by atoms with Gasteiger partial charge in [0.2, 0.25) is 15.9 Å². The summed E-state index contributed by atoms with van der Waals surface area (Å²) < 4.78 is 39.4. The Morgan fingerprint density at radius 3 is 2.58 bits per heavy atom. The Hall–Kier alpha value is -3.47. The van der Waals surface area contributed by atoms with E-state index in [1.54, 1.807) is 36.2 Å². The molecule has 1 aliphatic heterocycles. The van der Waals surface area contributed by atoms with Gasteiger partial charge in [-0.2, -0.15) is 4.31 Å². The van der Waals surface area contributed by atoms with Crippen LogP contribution in [-0.2, 0) is 10.0 Å². The van der Waals surface area contributed by atoms with E-state index in [4.69, 9.17) is 9.47 Å². The maximum atomic E-state index is 13.6. The summed E-state index contributed by atoms with van der Waals surface area (Å²) in [6.45, 7) is 3.75. The number of methoxy groups -OCH3 is 1. The molecule has 9 nitrogen and oxygen atoms in total. The number of pyridine rings is 1. The lowest BCUT2D eigenvalue weighted by atomic mass is 9.99. The first-order chi connectivity index (χ1) is 18.1. The Morgan fingerprint density at radius 1 is 1.16 bits per heavy atom. The van der Waals surface area contributed by atoms with Gasteiger partial charge in [-0.05, 0) is 30.7 Å². The Morgan fingerprint density at radius 2 is 1.89 bits per heavy atom. The van der Waals surface area contributed by atoms with E-state index in [2.05, 4.69) is 4.98 Å². The molecule has 3 atom stereocenters. The predicted molar refractivity (Wildman–Crippen MR) is 144 cm³/mol. The minimum atomic E-state index is -3.85. The van der Waals surface area contributed by atoms with E-state index in [-0.39, 0.29) is 47.9 Å². The highest BCUT2D eigenvalue weighted by molar-refractivity contribution is 7.89. The highest BCUT2D eigenvalue weighted by Gasteiger charge is 2.36. The topological polar surface area (TPSA) is 109 Å². The molecule has 2 heterocycles. The van der Waals surface area contributed by atoms with Crippen LogP contribution in [0.15, 0.2) is 71.8 Å². The first-order valence-corrected chi connectivity index (χ1v) is 13.8. The largest absolute Gasteiger partial charge is 0.497 e. The Balaban J connectivity index is 1.70. The number of nitrogens with zero attached hydrogens (tertiary/aromatic N) is 3. The molecule has 0 aliphatic carbocycles. The highest BCUT2D eigenvalue weighted by Crippen LogP contribution is 2.31. The third-order valence-electron chi connectivity index (χ3n) is 6.81. The van der Waals surface area contributed by atoms with Crippen LogP contribution >= 0.6 is 0 Å². The van der Waals surface area contributed by atoms with Gasteiger partial charge in [0, 0.05) is 37.3 Å². The number of sulfonamides is 1. The van der Waals surface area contributed by atoms with Crippen molar-refractivity contribution in [1.82, 2.24) is 14.2 Å². The number of carbonyl (C=O) groups excluding carboxylic acids is 1. The number of carbonyl (C=O) groups is 1. The summed E-state index contributed by atoms with van der Waals surface area (Å²) in [5.41, 5.74) is 1.91. The second kappa shape index (κ2) is 11.5. The molecule has 4 rings (SSSR count). The molecule has 38 heavy (non-hydrogen) atoms. The third-order valence-corrected chi connectivity index (χ3v) is 8.63. The van der Waals surface area contributed by atoms with E-state index in [0.29, 0.717) is 5.75 Å². The molecule has 1 amide bonds. The summed E-state index contributed by atoms with van der Waals surface area (Å²) in [4.78, 5) is 19.8. The fraction of sp³-hybridized carbons (Fsp3) is 0.357. The third kappa shape index (κ3) is 5.67. The Labute approximate surface area is 223 Å². The number of hydrogen-bond acceptors (Lipinski definition) is 7. The molecular weight excluding hydrogens is 506 g/mol. The SMILES string of the molecule is COc1cccc(S(=O)(=O)N(C)C[C@@H]2Oc3ncc(-c4ccccc4)cc3C(=O)N([C@H](C)CO)C[C@@H]2C)c1. The van der Waals surface area contributed by atoms with E-state index < -0.39 is 22.2 Å². The molecule has 1 aliphatic rings. The molecular formula is C28H33N3O6S. The maximum Gasteiger partial charge on any atom is 0.259 e. The molecule has 0 saturated carbocycles. The number of ether oxygens (including phenoxy) is 2. The number of benzene rings is 2. The zero-order valence-corrected chi connectivity index (χ0v) is 22.8. The number of aliphatic hydroxyl groups is 1. The van der Waals surface area contributed by atoms with Crippen LogP contribution in [-0.4, -0.2) is 79.6 Å². The van der Waals surface area contributed by atoms with Gasteiger partial charge in [-0.25, -0.2) is 13.4 Å². The minimum absolute atomic E-state index is 0.0256. The molecule has 10 heteroatoms. The molecule has 0 saturated heterocycles. The lowest BCUT2D eigenvalue weighted by Crippen LogP contribution is -2.50. The first kappa shape index (κ1) is 27.6. The van der Waals surface area contributed by atoms with Gasteiger partial charge in [0.05, 0.1) is 31.2 Å². The van der Waals surface area contributed by atoms with Gasteiger partial charge in [0.25, 0.3) is 5.91 Å². The monoisotopic (exact) mass is 539 g/mol. The van der Waals surface area contributed by atoms with Gasteiger partial charge in [-0.15, -0.1) is 0 Å². The molecule has 0 spiro atoms. The molecule has 0 unspecified atom stereocenters. The number of fused-ring (bicyclic) bond motifs is 1. The van der Waals surface area contributed by atoms with Crippen LogP contribution in [0.25, 0.3) is 11.1 Å². The molecule has 0 fully saturated rings. The lowest BCUT2D eigenvalue weighted by Gasteiger charge is -2.37. The van der Waals surface area contributed by atoms with Crippen molar-refractivity contribution in [1.29, 1.82) is 0 Å². The molecule has 1 aromatic heterocycles. The van der Waals surface area contributed by atoms with Crippen molar-refractivity contribution in [3.63, 3.8) is 0 Å². The number of aromatic nitrogens is 1. The van der Waals surface area contributed by atoms with Crippen LogP contribution in [0.2, 0.25) is 0 Å².